The van der Waals surface area contributed by atoms with Crippen molar-refractivity contribution in [1.82, 2.24) is 9.97 Å². The number of rotatable bonds is 2. The third-order valence-corrected chi connectivity index (χ3v) is 2.01. The lowest BCUT2D eigenvalue weighted by molar-refractivity contribution is -0.291. The Balaban J connectivity index is 3.49. The van der Waals surface area contributed by atoms with Gasteiger partial charge in [-0.15, -0.1) is 0 Å². The van der Waals surface area contributed by atoms with Gasteiger partial charge in [0.05, 0.1) is 5.56 Å². The first-order valence-corrected chi connectivity index (χ1v) is 4.50. The summed E-state index contributed by atoms with van der Waals surface area (Å²) in [5.74, 6) is -5.35. The summed E-state index contributed by atoms with van der Waals surface area (Å²) in [6.07, 6.45) is -5.52. The average Bonchev–Trinajstić information content (AvgIpc) is 2.15. The Morgan fingerprint density at radius 3 is 2.18 bits per heavy atom. The number of carbonyl (C=O) groups is 1. The SMILES string of the molecule is O=C(Cl)c1cnc(Cl)nc1C(F)(F)C(F)(F)F. The van der Waals surface area contributed by atoms with Crippen molar-refractivity contribution in [1.29, 1.82) is 0 Å². The first-order valence-electron chi connectivity index (χ1n) is 3.74. The Labute approximate surface area is 101 Å². The van der Waals surface area contributed by atoms with E-state index in [1.165, 1.54) is 0 Å². The van der Waals surface area contributed by atoms with Crippen LogP contribution in [0.2, 0.25) is 5.28 Å². The van der Waals surface area contributed by atoms with Gasteiger partial charge in [0.15, 0.2) is 0 Å². The van der Waals surface area contributed by atoms with E-state index in [0.717, 1.165) is 0 Å². The van der Waals surface area contributed by atoms with Crippen molar-refractivity contribution in [2.45, 2.75) is 12.1 Å². The smallest absolute Gasteiger partial charge is 0.275 e. The van der Waals surface area contributed by atoms with Gasteiger partial charge >= 0.3 is 12.1 Å². The molecule has 0 bridgehead atoms. The van der Waals surface area contributed by atoms with Gasteiger partial charge in [-0.3, -0.25) is 4.79 Å². The number of halogens is 7. The number of aromatic nitrogens is 2. The average molecular weight is 295 g/mol. The Kier molecular flexibility index (Phi) is 3.58. The fraction of sp³-hybridized carbons (Fsp3) is 0.286. The lowest BCUT2D eigenvalue weighted by Crippen LogP contribution is -2.36. The van der Waals surface area contributed by atoms with E-state index in [0.29, 0.717) is 6.20 Å². The summed E-state index contributed by atoms with van der Waals surface area (Å²) in [6, 6.07) is 0. The maximum absolute atomic E-state index is 13.0. The van der Waals surface area contributed by atoms with E-state index in [-0.39, 0.29) is 0 Å². The van der Waals surface area contributed by atoms with Crippen LogP contribution in [0.5, 0.6) is 0 Å². The highest BCUT2D eigenvalue weighted by Gasteiger charge is 2.61. The second-order valence-corrected chi connectivity index (χ2v) is 3.43. The summed E-state index contributed by atoms with van der Waals surface area (Å²) < 4.78 is 62.2. The van der Waals surface area contributed by atoms with Crippen LogP contribution in [0.1, 0.15) is 16.1 Å². The van der Waals surface area contributed by atoms with E-state index in [4.69, 9.17) is 23.2 Å². The molecule has 0 aliphatic rings. The molecule has 0 fully saturated rings. The minimum absolute atomic E-state index is 0.402. The molecule has 0 aliphatic heterocycles. The molecular formula is C7HCl2F5N2O. The van der Waals surface area contributed by atoms with E-state index in [9.17, 15) is 26.7 Å². The third-order valence-electron chi connectivity index (χ3n) is 1.62. The Morgan fingerprint density at radius 2 is 1.76 bits per heavy atom. The second kappa shape index (κ2) is 4.34. The van der Waals surface area contributed by atoms with E-state index in [2.05, 4.69) is 9.97 Å². The van der Waals surface area contributed by atoms with Crippen LogP contribution in [0.3, 0.4) is 0 Å². The van der Waals surface area contributed by atoms with Crippen LogP contribution in [0.25, 0.3) is 0 Å². The zero-order valence-electron chi connectivity index (χ0n) is 7.53. The van der Waals surface area contributed by atoms with Crippen LogP contribution in [0, 0.1) is 0 Å². The molecule has 0 unspecified atom stereocenters. The van der Waals surface area contributed by atoms with Gasteiger partial charge in [-0.25, -0.2) is 9.97 Å². The zero-order valence-corrected chi connectivity index (χ0v) is 9.04. The van der Waals surface area contributed by atoms with Gasteiger partial charge in [-0.05, 0) is 23.2 Å². The minimum Gasteiger partial charge on any atom is -0.275 e. The van der Waals surface area contributed by atoms with Crippen LogP contribution < -0.4 is 0 Å². The van der Waals surface area contributed by atoms with E-state index in [1.54, 1.807) is 0 Å². The molecule has 0 N–H and O–H groups in total. The third kappa shape index (κ3) is 2.63. The lowest BCUT2D eigenvalue weighted by Gasteiger charge is -2.20. The summed E-state index contributed by atoms with van der Waals surface area (Å²) in [5.41, 5.74) is -3.02. The molecule has 17 heavy (non-hydrogen) atoms. The molecule has 0 amide bonds. The van der Waals surface area contributed by atoms with Crippen LogP contribution in [-0.4, -0.2) is 21.4 Å². The molecule has 0 atom stereocenters. The fourth-order valence-corrected chi connectivity index (χ4v) is 1.15. The summed E-state index contributed by atoms with van der Waals surface area (Å²) in [5, 5.41) is -2.40. The summed E-state index contributed by atoms with van der Waals surface area (Å²) >= 11 is 9.95. The van der Waals surface area contributed by atoms with Crippen molar-refractivity contribution in [2.24, 2.45) is 0 Å². The van der Waals surface area contributed by atoms with E-state index in [1.807, 2.05) is 0 Å². The van der Waals surface area contributed by atoms with Crippen molar-refractivity contribution < 1.29 is 26.7 Å². The zero-order chi connectivity index (χ0) is 13.4. The van der Waals surface area contributed by atoms with Crippen molar-refractivity contribution >= 4 is 28.4 Å². The molecule has 0 saturated heterocycles. The second-order valence-electron chi connectivity index (χ2n) is 2.75. The highest BCUT2D eigenvalue weighted by Crippen LogP contribution is 2.44. The molecule has 3 nitrogen and oxygen atoms in total. The van der Waals surface area contributed by atoms with Gasteiger partial charge in [0, 0.05) is 6.20 Å². The summed E-state index contributed by atoms with van der Waals surface area (Å²) in [6.45, 7) is 0. The Bertz CT molecular complexity index is 462. The molecule has 0 aromatic carbocycles. The van der Waals surface area contributed by atoms with Crippen molar-refractivity contribution in [3.63, 3.8) is 0 Å². The summed E-state index contributed by atoms with van der Waals surface area (Å²) in [7, 11) is 0. The normalized spacial score (nSPS) is 12.6. The standard InChI is InChI=1S/C7HCl2F5N2O/c8-4(17)2-1-15-5(9)16-3(2)6(10,11)7(12,13)14/h1H. The van der Waals surface area contributed by atoms with Crippen molar-refractivity contribution in [2.75, 3.05) is 0 Å². The van der Waals surface area contributed by atoms with E-state index >= 15 is 0 Å². The molecule has 10 heteroatoms. The molecule has 1 heterocycles. The number of alkyl halides is 5. The topological polar surface area (TPSA) is 42.9 Å². The van der Waals surface area contributed by atoms with Crippen molar-refractivity contribution in [3.8, 4) is 0 Å². The number of hydrogen-bond acceptors (Lipinski definition) is 3. The first-order chi connectivity index (χ1) is 7.57. The molecule has 1 aromatic rings. The lowest BCUT2D eigenvalue weighted by atomic mass is 10.1. The van der Waals surface area contributed by atoms with Gasteiger partial charge in [0.25, 0.3) is 5.24 Å². The fourth-order valence-electron chi connectivity index (χ4n) is 0.878. The highest BCUT2D eigenvalue weighted by molar-refractivity contribution is 6.67. The monoisotopic (exact) mass is 294 g/mol. The Hall–Kier alpha value is -1.02. The molecule has 1 rings (SSSR count). The van der Waals surface area contributed by atoms with Gasteiger partial charge < -0.3 is 0 Å². The van der Waals surface area contributed by atoms with E-state index < -0.39 is 33.9 Å². The Morgan fingerprint density at radius 1 is 1.24 bits per heavy atom. The predicted octanol–water partition coefficient (Wildman–Crippen LogP) is 3.16. The molecule has 0 spiro atoms. The minimum atomic E-state index is -5.92. The molecule has 0 radical (unpaired) electrons. The molecule has 94 valence electrons. The predicted molar refractivity (Wildman–Crippen MR) is 47.2 cm³/mol. The number of carbonyl (C=O) groups excluding carboxylic acids is 1. The summed E-state index contributed by atoms with van der Waals surface area (Å²) in [4.78, 5) is 16.5. The van der Waals surface area contributed by atoms with Gasteiger partial charge in [0.1, 0.15) is 5.69 Å². The molecule has 1 aromatic heterocycles. The van der Waals surface area contributed by atoms with Crippen LogP contribution in [-0.2, 0) is 5.92 Å². The maximum Gasteiger partial charge on any atom is 0.459 e. The maximum atomic E-state index is 13.0. The number of hydrogen-bond donors (Lipinski definition) is 0. The first kappa shape index (κ1) is 14.0. The largest absolute Gasteiger partial charge is 0.459 e. The highest BCUT2D eigenvalue weighted by atomic mass is 35.5. The molecule has 0 saturated carbocycles. The quantitative estimate of drug-likeness (QED) is 0.478. The van der Waals surface area contributed by atoms with Gasteiger partial charge in [0.2, 0.25) is 5.28 Å². The van der Waals surface area contributed by atoms with Crippen LogP contribution in [0.4, 0.5) is 22.0 Å². The van der Waals surface area contributed by atoms with Gasteiger partial charge in [-0.1, -0.05) is 0 Å². The molecular weight excluding hydrogens is 294 g/mol. The molecule has 0 aliphatic carbocycles. The van der Waals surface area contributed by atoms with Crippen molar-refractivity contribution in [3.05, 3.63) is 22.7 Å². The van der Waals surface area contributed by atoms with Crippen LogP contribution >= 0.6 is 23.2 Å². The number of nitrogens with zero attached hydrogens (tertiary/aromatic N) is 2. The van der Waals surface area contributed by atoms with Gasteiger partial charge in [-0.2, -0.15) is 22.0 Å². The van der Waals surface area contributed by atoms with Crippen LogP contribution in [0.15, 0.2) is 6.20 Å².